The van der Waals surface area contributed by atoms with Crippen molar-refractivity contribution < 1.29 is 13.2 Å². The van der Waals surface area contributed by atoms with Crippen molar-refractivity contribution in [3.05, 3.63) is 46.9 Å². The van der Waals surface area contributed by atoms with Crippen molar-refractivity contribution in [3.63, 3.8) is 0 Å². The van der Waals surface area contributed by atoms with E-state index >= 15 is 0 Å². The zero-order chi connectivity index (χ0) is 23.0. The minimum Gasteiger partial charge on any atom is -0.345 e. The van der Waals surface area contributed by atoms with Gasteiger partial charge in [0.25, 0.3) is 15.9 Å². The van der Waals surface area contributed by atoms with Gasteiger partial charge in [0.2, 0.25) is 0 Å². The van der Waals surface area contributed by atoms with Crippen LogP contribution in [0.1, 0.15) is 40.8 Å². The number of nitrogens with zero attached hydrogens (tertiary/aromatic N) is 4. The average Bonchev–Trinajstić information content (AvgIpc) is 3.29. The van der Waals surface area contributed by atoms with E-state index in [2.05, 4.69) is 21.6 Å². The molecule has 0 aliphatic carbocycles. The minimum atomic E-state index is -3.80. The molecule has 0 atom stereocenters. The number of amides is 1. The first kappa shape index (κ1) is 22.5. The smallest absolute Gasteiger partial charge is 0.265 e. The standard InChI is InChI=1S/C22H27N5O3S2/c1-14-7-10-27(11-8-14)22(28)20-15(2)24-21(31-20)18-12-19(16(3)26(18)4)32(29,30)25-17-6-5-9-23-13-17/h5-6,9,12-14,25H,7-8,10-11H2,1-4H3. The van der Waals surface area contributed by atoms with Crippen molar-refractivity contribution in [2.75, 3.05) is 17.8 Å². The fraction of sp³-hybridized carbons (Fsp3) is 0.409. The van der Waals surface area contributed by atoms with E-state index < -0.39 is 10.0 Å². The van der Waals surface area contributed by atoms with Crippen LogP contribution < -0.4 is 4.72 Å². The molecule has 1 amide bonds. The SMILES string of the molecule is Cc1nc(-c2cc(S(=O)(=O)Nc3cccnc3)c(C)n2C)sc1C(=O)N1CCC(C)CC1. The molecule has 1 aliphatic rings. The van der Waals surface area contributed by atoms with E-state index in [0.717, 1.165) is 25.9 Å². The Kier molecular flexibility index (Phi) is 6.09. The first-order valence-electron chi connectivity index (χ1n) is 10.5. The lowest BCUT2D eigenvalue weighted by molar-refractivity contribution is 0.0701. The van der Waals surface area contributed by atoms with E-state index in [1.165, 1.54) is 17.5 Å². The molecule has 0 unspecified atom stereocenters. The van der Waals surface area contributed by atoms with E-state index in [1.54, 1.807) is 42.9 Å². The van der Waals surface area contributed by atoms with Crippen LogP contribution in [0.15, 0.2) is 35.5 Å². The third-order valence-electron chi connectivity index (χ3n) is 5.97. The van der Waals surface area contributed by atoms with Crippen LogP contribution in [-0.4, -0.2) is 46.8 Å². The predicted molar refractivity (Wildman–Crippen MR) is 125 cm³/mol. The van der Waals surface area contributed by atoms with Crippen LogP contribution in [0.25, 0.3) is 10.7 Å². The third kappa shape index (κ3) is 4.29. The van der Waals surface area contributed by atoms with Gasteiger partial charge in [0.05, 0.1) is 23.3 Å². The molecule has 3 aromatic rings. The highest BCUT2D eigenvalue weighted by Gasteiger charge is 2.28. The molecular weight excluding hydrogens is 446 g/mol. The Hall–Kier alpha value is -2.72. The lowest BCUT2D eigenvalue weighted by Crippen LogP contribution is -2.37. The maximum atomic E-state index is 13.1. The molecule has 10 heteroatoms. The molecule has 4 rings (SSSR count). The number of hydrogen-bond acceptors (Lipinski definition) is 6. The highest BCUT2D eigenvalue weighted by molar-refractivity contribution is 7.92. The van der Waals surface area contributed by atoms with Crippen LogP contribution in [-0.2, 0) is 17.1 Å². The first-order valence-corrected chi connectivity index (χ1v) is 12.8. The van der Waals surface area contributed by atoms with Crippen molar-refractivity contribution in [1.29, 1.82) is 0 Å². The molecule has 0 aromatic carbocycles. The summed E-state index contributed by atoms with van der Waals surface area (Å²) in [7, 11) is -2.00. The van der Waals surface area contributed by atoms with Gasteiger partial charge in [-0.25, -0.2) is 13.4 Å². The Bertz CT molecular complexity index is 1240. The summed E-state index contributed by atoms with van der Waals surface area (Å²) in [5.41, 5.74) is 2.31. The number of thiazole rings is 1. The molecule has 0 spiro atoms. The molecule has 0 bridgehead atoms. The van der Waals surface area contributed by atoms with Crippen molar-refractivity contribution in [3.8, 4) is 10.7 Å². The molecule has 32 heavy (non-hydrogen) atoms. The first-order chi connectivity index (χ1) is 15.2. The van der Waals surface area contributed by atoms with Gasteiger partial charge < -0.3 is 9.47 Å². The van der Waals surface area contributed by atoms with Crippen LogP contribution in [0.4, 0.5) is 5.69 Å². The van der Waals surface area contributed by atoms with Crippen LogP contribution in [0.3, 0.4) is 0 Å². The summed E-state index contributed by atoms with van der Waals surface area (Å²) < 4.78 is 30.4. The van der Waals surface area contributed by atoms with Gasteiger partial charge in [0.1, 0.15) is 14.8 Å². The second-order valence-electron chi connectivity index (χ2n) is 8.29. The normalized spacial score (nSPS) is 15.2. The van der Waals surface area contributed by atoms with E-state index in [9.17, 15) is 13.2 Å². The van der Waals surface area contributed by atoms with E-state index in [-0.39, 0.29) is 10.8 Å². The maximum absolute atomic E-state index is 13.1. The van der Waals surface area contributed by atoms with Crippen molar-refractivity contribution >= 4 is 33.0 Å². The van der Waals surface area contributed by atoms with E-state index in [1.807, 2.05) is 11.8 Å². The van der Waals surface area contributed by atoms with Crippen LogP contribution in [0.2, 0.25) is 0 Å². The molecular formula is C22H27N5O3S2. The largest absolute Gasteiger partial charge is 0.345 e. The van der Waals surface area contributed by atoms with E-state index in [4.69, 9.17) is 0 Å². The Labute approximate surface area is 192 Å². The molecule has 1 saturated heterocycles. The van der Waals surface area contributed by atoms with Crippen molar-refractivity contribution in [2.24, 2.45) is 13.0 Å². The number of nitrogens with one attached hydrogen (secondary N) is 1. The summed E-state index contributed by atoms with van der Waals surface area (Å²) >= 11 is 1.32. The number of piperidine rings is 1. The maximum Gasteiger partial charge on any atom is 0.265 e. The van der Waals surface area contributed by atoms with E-state index in [0.29, 0.717) is 38.6 Å². The van der Waals surface area contributed by atoms with Gasteiger partial charge >= 0.3 is 0 Å². The lowest BCUT2D eigenvalue weighted by Gasteiger charge is -2.30. The molecule has 1 fully saturated rings. The number of aryl methyl sites for hydroxylation is 1. The number of carbonyl (C=O) groups excluding carboxylic acids is 1. The third-order valence-corrected chi connectivity index (χ3v) is 8.64. The van der Waals surface area contributed by atoms with Gasteiger partial charge in [0, 0.05) is 32.0 Å². The van der Waals surface area contributed by atoms with Gasteiger partial charge in [0.15, 0.2) is 0 Å². The number of sulfonamides is 1. The van der Waals surface area contributed by atoms with Gasteiger partial charge in [-0.3, -0.25) is 14.5 Å². The summed E-state index contributed by atoms with van der Waals surface area (Å²) in [4.78, 5) is 24.3. The number of carbonyl (C=O) groups is 1. The number of aromatic nitrogens is 3. The monoisotopic (exact) mass is 473 g/mol. The van der Waals surface area contributed by atoms with Gasteiger partial charge in [-0.2, -0.15) is 0 Å². The summed E-state index contributed by atoms with van der Waals surface area (Å²) in [5.74, 6) is 0.652. The van der Waals surface area contributed by atoms with Crippen molar-refractivity contribution in [1.82, 2.24) is 19.4 Å². The highest BCUT2D eigenvalue weighted by atomic mass is 32.2. The minimum absolute atomic E-state index is 0.00942. The second-order valence-corrected chi connectivity index (χ2v) is 10.9. The average molecular weight is 474 g/mol. The fourth-order valence-electron chi connectivity index (χ4n) is 3.84. The highest BCUT2D eigenvalue weighted by Crippen LogP contribution is 2.34. The number of likely N-dealkylation sites (tertiary alicyclic amines) is 1. The van der Waals surface area contributed by atoms with Gasteiger partial charge in [-0.15, -0.1) is 11.3 Å². The Morgan fingerprint density at radius 1 is 1.25 bits per heavy atom. The summed E-state index contributed by atoms with van der Waals surface area (Å²) in [6.07, 6.45) is 5.06. The number of pyridine rings is 1. The zero-order valence-electron chi connectivity index (χ0n) is 18.6. The second kappa shape index (κ2) is 8.67. The fourth-order valence-corrected chi connectivity index (χ4v) is 6.26. The Morgan fingerprint density at radius 2 is 1.97 bits per heavy atom. The Balaban J connectivity index is 1.64. The molecule has 1 N–H and O–H groups in total. The summed E-state index contributed by atoms with van der Waals surface area (Å²) in [5, 5.41) is 0.629. The topological polar surface area (TPSA) is 97.2 Å². The predicted octanol–water partition coefficient (Wildman–Crippen LogP) is 3.83. The molecule has 0 radical (unpaired) electrons. The van der Waals surface area contributed by atoms with Crippen LogP contribution >= 0.6 is 11.3 Å². The van der Waals surface area contributed by atoms with Gasteiger partial charge in [-0.1, -0.05) is 6.92 Å². The quantitative estimate of drug-likeness (QED) is 0.607. The molecule has 3 aromatic heterocycles. The Morgan fingerprint density at radius 3 is 2.62 bits per heavy atom. The number of rotatable bonds is 5. The lowest BCUT2D eigenvalue weighted by atomic mass is 9.99. The molecule has 0 saturated carbocycles. The summed E-state index contributed by atoms with van der Waals surface area (Å²) in [6, 6.07) is 4.93. The van der Waals surface area contributed by atoms with Gasteiger partial charge in [-0.05, 0) is 50.8 Å². The zero-order valence-corrected chi connectivity index (χ0v) is 20.3. The van der Waals surface area contributed by atoms with Crippen LogP contribution in [0.5, 0.6) is 0 Å². The number of anilines is 1. The number of hydrogen-bond donors (Lipinski definition) is 1. The molecule has 170 valence electrons. The van der Waals surface area contributed by atoms with Crippen LogP contribution in [0, 0.1) is 19.8 Å². The molecule has 1 aliphatic heterocycles. The summed E-state index contributed by atoms with van der Waals surface area (Å²) in [6.45, 7) is 7.32. The van der Waals surface area contributed by atoms with Crippen molar-refractivity contribution in [2.45, 2.75) is 38.5 Å². The molecule has 8 nitrogen and oxygen atoms in total. The molecule has 4 heterocycles.